The lowest BCUT2D eigenvalue weighted by atomic mass is 9.95. The number of nitrogen functional groups attached to an aromatic ring is 1. The summed E-state index contributed by atoms with van der Waals surface area (Å²) in [5.74, 6) is -0.156. The highest BCUT2D eigenvalue weighted by Crippen LogP contribution is 2.39. The second-order valence-electron chi connectivity index (χ2n) is 9.17. The van der Waals surface area contributed by atoms with Crippen molar-refractivity contribution < 1.29 is 29.3 Å². The number of fused-ring (bicyclic) bond motifs is 1. The molecule has 0 aliphatic heterocycles. The molecule has 0 saturated heterocycles. The van der Waals surface area contributed by atoms with Crippen LogP contribution in [0.3, 0.4) is 0 Å². The molecule has 0 atom stereocenters. The third kappa shape index (κ3) is 4.99. The molecule has 0 aliphatic carbocycles. The van der Waals surface area contributed by atoms with E-state index in [9.17, 15) is 24.9 Å². The van der Waals surface area contributed by atoms with Gasteiger partial charge in [0.05, 0.1) is 25.4 Å². The summed E-state index contributed by atoms with van der Waals surface area (Å²) in [6.45, 7) is 1.89. The first-order valence-electron chi connectivity index (χ1n) is 12.0. The molecule has 0 unspecified atom stereocenters. The fourth-order valence-corrected chi connectivity index (χ4v) is 4.18. The van der Waals surface area contributed by atoms with Crippen molar-refractivity contribution in [3.63, 3.8) is 0 Å². The van der Waals surface area contributed by atoms with Crippen LogP contribution < -0.4 is 11.1 Å². The lowest BCUT2D eigenvalue weighted by molar-refractivity contribution is 0.0375. The summed E-state index contributed by atoms with van der Waals surface area (Å²) < 4.78 is 6.14. The first kappa shape index (κ1) is 26.1. The normalized spacial score (nSPS) is 11.6. The van der Waals surface area contributed by atoms with Crippen molar-refractivity contribution in [1.29, 1.82) is 0 Å². The predicted molar refractivity (Wildman–Crippen MR) is 142 cm³/mol. The van der Waals surface area contributed by atoms with Crippen molar-refractivity contribution >= 4 is 28.3 Å². The van der Waals surface area contributed by atoms with Crippen molar-refractivity contribution in [2.24, 2.45) is 0 Å². The van der Waals surface area contributed by atoms with Gasteiger partial charge in [-0.25, -0.2) is 0 Å². The average Bonchev–Trinajstić information content (AvgIpc) is 3.29. The second-order valence-corrected chi connectivity index (χ2v) is 9.17. The lowest BCUT2D eigenvalue weighted by Gasteiger charge is -2.28. The summed E-state index contributed by atoms with van der Waals surface area (Å²) >= 11 is 0. The number of benzene rings is 3. The van der Waals surface area contributed by atoms with Gasteiger partial charge >= 0.3 is 0 Å². The molecule has 1 amide bonds. The SMILES string of the molecule is CCC(=O)c1c(-c2ccc(C)cc2)oc2cc(N)c(-c3cccc(C(=O)NC(CO)(CO)CO)c3)cc12. The molecule has 0 bridgehead atoms. The number of nitrogens with two attached hydrogens (primary N) is 1. The number of carbonyl (C=O) groups excluding carboxylic acids is 2. The molecule has 37 heavy (non-hydrogen) atoms. The van der Waals surface area contributed by atoms with E-state index in [0.717, 1.165) is 11.1 Å². The van der Waals surface area contributed by atoms with E-state index in [1.54, 1.807) is 43.3 Å². The van der Waals surface area contributed by atoms with E-state index < -0.39 is 31.3 Å². The number of ketones is 1. The Hall–Kier alpha value is -3.98. The quantitative estimate of drug-likeness (QED) is 0.173. The molecular formula is C29H30N2O6. The van der Waals surface area contributed by atoms with Crippen LogP contribution in [-0.4, -0.2) is 52.4 Å². The molecule has 6 N–H and O–H groups in total. The zero-order valence-electron chi connectivity index (χ0n) is 20.7. The number of anilines is 1. The van der Waals surface area contributed by atoms with Crippen LogP contribution in [0.2, 0.25) is 0 Å². The lowest BCUT2D eigenvalue weighted by Crippen LogP contribution is -2.57. The third-order valence-electron chi connectivity index (χ3n) is 6.50. The number of amides is 1. The molecule has 1 heterocycles. The minimum Gasteiger partial charge on any atom is -0.455 e. The van der Waals surface area contributed by atoms with E-state index in [1.807, 2.05) is 31.2 Å². The molecule has 8 heteroatoms. The van der Waals surface area contributed by atoms with Gasteiger partial charge in [-0.2, -0.15) is 0 Å². The van der Waals surface area contributed by atoms with Gasteiger partial charge in [-0.05, 0) is 30.7 Å². The van der Waals surface area contributed by atoms with E-state index in [-0.39, 0.29) is 11.3 Å². The summed E-state index contributed by atoms with van der Waals surface area (Å²) in [6, 6.07) is 17.9. The number of hydrogen-bond donors (Lipinski definition) is 5. The van der Waals surface area contributed by atoms with Crippen LogP contribution in [0.25, 0.3) is 33.4 Å². The van der Waals surface area contributed by atoms with Crippen molar-refractivity contribution in [3.8, 4) is 22.5 Å². The second kappa shape index (κ2) is 10.6. The number of aryl methyl sites for hydroxylation is 1. The third-order valence-corrected chi connectivity index (χ3v) is 6.50. The topological polar surface area (TPSA) is 146 Å². The number of Topliss-reactive ketones (excluding diaryl/α,β-unsaturated/α-hetero) is 1. The standard InChI is InChI=1S/C29H30N2O6/c1-3-24(35)26-22-12-21(23(30)13-25(22)37-27(26)18-9-7-17(2)8-10-18)19-5-4-6-20(11-19)28(36)31-29(14-32,15-33)16-34/h4-13,32-34H,3,14-16,30H2,1-2H3,(H,31,36). The van der Waals surface area contributed by atoms with E-state index in [1.165, 1.54) is 0 Å². The van der Waals surface area contributed by atoms with Gasteiger partial charge in [-0.3, -0.25) is 9.59 Å². The molecule has 0 saturated carbocycles. The summed E-state index contributed by atoms with van der Waals surface area (Å²) in [7, 11) is 0. The van der Waals surface area contributed by atoms with E-state index in [2.05, 4.69) is 5.32 Å². The Kier molecular flexibility index (Phi) is 7.45. The molecule has 0 spiro atoms. The number of rotatable bonds is 9. The molecular weight excluding hydrogens is 472 g/mol. The number of hydrogen-bond acceptors (Lipinski definition) is 7. The number of carbonyl (C=O) groups is 2. The van der Waals surface area contributed by atoms with Crippen molar-refractivity contribution in [2.75, 3.05) is 25.6 Å². The van der Waals surface area contributed by atoms with Gasteiger partial charge in [0.1, 0.15) is 16.9 Å². The highest BCUT2D eigenvalue weighted by atomic mass is 16.3. The van der Waals surface area contributed by atoms with Crippen LogP contribution in [0.1, 0.15) is 39.6 Å². The van der Waals surface area contributed by atoms with Gasteiger partial charge in [-0.1, -0.05) is 48.9 Å². The maximum Gasteiger partial charge on any atom is 0.251 e. The molecule has 0 fully saturated rings. The molecule has 3 aromatic carbocycles. The molecule has 0 radical (unpaired) electrons. The maximum absolute atomic E-state index is 13.0. The fraction of sp³-hybridized carbons (Fsp3) is 0.241. The van der Waals surface area contributed by atoms with Crippen LogP contribution in [0.15, 0.2) is 65.1 Å². The number of furan rings is 1. The molecule has 192 valence electrons. The first-order chi connectivity index (χ1) is 17.8. The van der Waals surface area contributed by atoms with E-state index >= 15 is 0 Å². The van der Waals surface area contributed by atoms with Gasteiger partial charge in [0.2, 0.25) is 0 Å². The Labute approximate surface area is 214 Å². The Morgan fingerprint density at radius 1 is 0.946 bits per heavy atom. The van der Waals surface area contributed by atoms with Gasteiger partial charge < -0.3 is 30.8 Å². The van der Waals surface area contributed by atoms with E-state index in [0.29, 0.717) is 45.5 Å². The van der Waals surface area contributed by atoms with Gasteiger partial charge in [-0.15, -0.1) is 0 Å². The smallest absolute Gasteiger partial charge is 0.251 e. The Morgan fingerprint density at radius 3 is 2.24 bits per heavy atom. The average molecular weight is 503 g/mol. The maximum atomic E-state index is 13.0. The monoisotopic (exact) mass is 502 g/mol. The van der Waals surface area contributed by atoms with Crippen LogP contribution in [0.5, 0.6) is 0 Å². The summed E-state index contributed by atoms with van der Waals surface area (Å²) in [5, 5.41) is 31.8. The molecule has 0 aliphatic rings. The number of nitrogens with one attached hydrogen (secondary N) is 1. The highest BCUT2D eigenvalue weighted by Gasteiger charge is 2.30. The van der Waals surface area contributed by atoms with Crippen LogP contribution in [-0.2, 0) is 0 Å². The van der Waals surface area contributed by atoms with Crippen molar-refractivity contribution in [3.05, 3.63) is 77.4 Å². The summed E-state index contributed by atoms with van der Waals surface area (Å²) in [6.07, 6.45) is 0.297. The highest BCUT2D eigenvalue weighted by molar-refractivity contribution is 6.13. The van der Waals surface area contributed by atoms with Gasteiger partial charge in [0.25, 0.3) is 5.91 Å². The molecule has 4 aromatic rings. The number of aliphatic hydroxyl groups is 3. The number of aliphatic hydroxyl groups excluding tert-OH is 3. The Morgan fingerprint density at radius 2 is 1.62 bits per heavy atom. The van der Waals surface area contributed by atoms with Crippen LogP contribution >= 0.6 is 0 Å². The minimum atomic E-state index is -1.55. The minimum absolute atomic E-state index is 0.0634. The molecule has 4 rings (SSSR count). The van der Waals surface area contributed by atoms with Crippen LogP contribution in [0.4, 0.5) is 5.69 Å². The largest absolute Gasteiger partial charge is 0.455 e. The molecule has 8 nitrogen and oxygen atoms in total. The van der Waals surface area contributed by atoms with Crippen LogP contribution in [0, 0.1) is 6.92 Å². The summed E-state index contributed by atoms with van der Waals surface area (Å²) in [5.41, 5.74) is 9.58. The zero-order valence-corrected chi connectivity index (χ0v) is 20.7. The van der Waals surface area contributed by atoms with Crippen molar-refractivity contribution in [1.82, 2.24) is 5.32 Å². The van der Waals surface area contributed by atoms with E-state index in [4.69, 9.17) is 10.2 Å². The fourth-order valence-electron chi connectivity index (χ4n) is 4.18. The van der Waals surface area contributed by atoms with Gasteiger partial charge in [0.15, 0.2) is 5.78 Å². The van der Waals surface area contributed by atoms with Gasteiger partial charge in [0, 0.05) is 40.3 Å². The van der Waals surface area contributed by atoms with Crippen molar-refractivity contribution in [2.45, 2.75) is 25.8 Å². The molecule has 1 aromatic heterocycles. The predicted octanol–water partition coefficient (Wildman–Crippen LogP) is 3.70. The Balaban J connectivity index is 1.81. The zero-order chi connectivity index (χ0) is 26.7. The Bertz CT molecular complexity index is 1440. The summed E-state index contributed by atoms with van der Waals surface area (Å²) in [4.78, 5) is 25.9. The first-order valence-corrected chi connectivity index (χ1v) is 12.0.